The summed E-state index contributed by atoms with van der Waals surface area (Å²) >= 11 is 0. The summed E-state index contributed by atoms with van der Waals surface area (Å²) < 4.78 is 4.81. The highest BCUT2D eigenvalue weighted by Crippen LogP contribution is 2.05. The number of hydrogen-bond donors (Lipinski definition) is 1. The summed E-state index contributed by atoms with van der Waals surface area (Å²) in [5.41, 5.74) is 3.06. The molecule has 3 N–H and O–H groups in total. The lowest BCUT2D eigenvalue weighted by atomic mass is 10.00. The molecule has 0 saturated carbocycles. The second-order valence-corrected chi connectivity index (χ2v) is 2.77. The maximum atomic E-state index is 11.1. The second kappa shape index (κ2) is 4.13. The fourth-order valence-electron chi connectivity index (χ4n) is 0.707. The SMILES string of the molecule is C=CCC(C)([NH3+])C(=O)OCC. The van der Waals surface area contributed by atoms with Crippen molar-refractivity contribution in [3.8, 4) is 0 Å². The highest BCUT2D eigenvalue weighted by molar-refractivity contribution is 5.78. The maximum absolute atomic E-state index is 11.1. The van der Waals surface area contributed by atoms with E-state index in [0.29, 0.717) is 13.0 Å². The van der Waals surface area contributed by atoms with Crippen LogP contribution >= 0.6 is 0 Å². The van der Waals surface area contributed by atoms with Crippen LogP contribution < -0.4 is 5.73 Å². The molecule has 0 spiro atoms. The molecule has 0 aromatic carbocycles. The molecule has 0 fully saturated rings. The molecule has 3 nitrogen and oxygen atoms in total. The lowest BCUT2D eigenvalue weighted by Gasteiger charge is -2.16. The van der Waals surface area contributed by atoms with Crippen LogP contribution in [0.5, 0.6) is 0 Å². The number of esters is 1. The molecular formula is C8H16NO2+. The number of quaternary nitrogens is 1. The number of carbonyl (C=O) groups excluding carboxylic acids is 1. The Morgan fingerprint density at radius 3 is 2.73 bits per heavy atom. The summed E-state index contributed by atoms with van der Waals surface area (Å²) in [6.07, 6.45) is 2.22. The van der Waals surface area contributed by atoms with Gasteiger partial charge in [0.05, 0.1) is 6.61 Å². The summed E-state index contributed by atoms with van der Waals surface area (Å²) in [5.74, 6) is -0.264. The first kappa shape index (κ1) is 10.2. The van der Waals surface area contributed by atoms with Crippen molar-refractivity contribution >= 4 is 5.97 Å². The van der Waals surface area contributed by atoms with Gasteiger partial charge in [-0.05, 0) is 6.92 Å². The molecule has 0 aliphatic heterocycles. The van der Waals surface area contributed by atoms with Crippen molar-refractivity contribution in [3.63, 3.8) is 0 Å². The zero-order valence-electron chi connectivity index (χ0n) is 7.22. The lowest BCUT2D eigenvalue weighted by Crippen LogP contribution is -2.75. The third-order valence-corrected chi connectivity index (χ3v) is 1.36. The van der Waals surface area contributed by atoms with E-state index >= 15 is 0 Å². The first-order valence-corrected chi connectivity index (χ1v) is 3.68. The number of rotatable bonds is 4. The molecule has 0 saturated heterocycles. The topological polar surface area (TPSA) is 53.9 Å². The summed E-state index contributed by atoms with van der Waals surface area (Å²) in [6, 6.07) is 0. The fraction of sp³-hybridized carbons (Fsp3) is 0.625. The van der Waals surface area contributed by atoms with Gasteiger partial charge in [0.1, 0.15) is 0 Å². The summed E-state index contributed by atoms with van der Waals surface area (Å²) in [5, 5.41) is 0. The van der Waals surface area contributed by atoms with Gasteiger partial charge in [0.25, 0.3) is 0 Å². The van der Waals surface area contributed by atoms with Gasteiger partial charge < -0.3 is 10.5 Å². The standard InChI is InChI=1S/C8H15NO2/c1-4-6-8(3,9)7(10)11-5-2/h4H,1,5-6,9H2,2-3H3/p+1. The smallest absolute Gasteiger partial charge is 0.367 e. The summed E-state index contributed by atoms with van der Waals surface area (Å²) in [4.78, 5) is 11.1. The van der Waals surface area contributed by atoms with E-state index < -0.39 is 5.54 Å². The zero-order chi connectivity index (χ0) is 8.91. The van der Waals surface area contributed by atoms with Crippen LogP contribution in [0, 0.1) is 0 Å². The molecule has 0 aromatic rings. The highest BCUT2D eigenvalue weighted by atomic mass is 16.5. The minimum atomic E-state index is -0.669. The molecule has 0 radical (unpaired) electrons. The van der Waals surface area contributed by atoms with Crippen LogP contribution in [0.3, 0.4) is 0 Å². The number of ether oxygens (including phenoxy) is 1. The summed E-state index contributed by atoms with van der Waals surface area (Å²) in [7, 11) is 0. The van der Waals surface area contributed by atoms with Gasteiger partial charge >= 0.3 is 5.97 Å². The number of hydrogen-bond acceptors (Lipinski definition) is 2. The molecule has 0 amide bonds. The zero-order valence-corrected chi connectivity index (χ0v) is 7.22. The Balaban J connectivity index is 4.05. The molecule has 0 aromatic heterocycles. The Morgan fingerprint density at radius 2 is 2.36 bits per heavy atom. The summed E-state index contributed by atoms with van der Waals surface area (Å²) in [6.45, 7) is 7.47. The van der Waals surface area contributed by atoms with Crippen molar-refractivity contribution in [2.75, 3.05) is 6.61 Å². The van der Waals surface area contributed by atoms with Crippen molar-refractivity contribution in [3.05, 3.63) is 12.7 Å². The second-order valence-electron chi connectivity index (χ2n) is 2.77. The molecule has 3 heteroatoms. The van der Waals surface area contributed by atoms with Crippen LogP contribution in [0.1, 0.15) is 20.3 Å². The van der Waals surface area contributed by atoms with Crippen LogP contribution in [-0.4, -0.2) is 18.1 Å². The molecule has 0 heterocycles. The van der Waals surface area contributed by atoms with E-state index in [-0.39, 0.29) is 5.97 Å². The van der Waals surface area contributed by atoms with Crippen LogP contribution in [0.15, 0.2) is 12.7 Å². The van der Waals surface area contributed by atoms with Gasteiger partial charge in [-0.3, -0.25) is 0 Å². The van der Waals surface area contributed by atoms with Crippen LogP contribution in [0.25, 0.3) is 0 Å². The Kier molecular flexibility index (Phi) is 3.82. The molecule has 0 aliphatic carbocycles. The van der Waals surface area contributed by atoms with Crippen LogP contribution in [-0.2, 0) is 9.53 Å². The largest absolute Gasteiger partial charge is 0.461 e. The molecule has 0 rings (SSSR count). The van der Waals surface area contributed by atoms with E-state index in [1.54, 1.807) is 19.9 Å². The molecule has 11 heavy (non-hydrogen) atoms. The number of carbonyl (C=O) groups is 1. The molecule has 0 bridgehead atoms. The molecule has 1 unspecified atom stereocenters. The average Bonchev–Trinajstić information content (AvgIpc) is 1.88. The fourth-order valence-corrected chi connectivity index (χ4v) is 0.707. The first-order chi connectivity index (χ1) is 5.04. The monoisotopic (exact) mass is 158 g/mol. The van der Waals surface area contributed by atoms with Crippen molar-refractivity contribution in [1.29, 1.82) is 0 Å². The third kappa shape index (κ3) is 3.18. The van der Waals surface area contributed by atoms with E-state index in [1.807, 2.05) is 0 Å². The minimum Gasteiger partial charge on any atom is -0.461 e. The van der Waals surface area contributed by atoms with E-state index in [2.05, 4.69) is 12.3 Å². The Bertz CT molecular complexity index is 152. The third-order valence-electron chi connectivity index (χ3n) is 1.36. The van der Waals surface area contributed by atoms with Gasteiger partial charge in [0.15, 0.2) is 5.54 Å². The quantitative estimate of drug-likeness (QED) is 0.467. The van der Waals surface area contributed by atoms with Gasteiger partial charge in [-0.15, -0.1) is 6.58 Å². The maximum Gasteiger partial charge on any atom is 0.367 e. The van der Waals surface area contributed by atoms with Crippen molar-refractivity contribution < 1.29 is 15.3 Å². The first-order valence-electron chi connectivity index (χ1n) is 3.68. The lowest BCUT2D eigenvalue weighted by molar-refractivity contribution is -0.455. The Labute approximate surface area is 67.2 Å². The predicted molar refractivity (Wildman–Crippen MR) is 42.7 cm³/mol. The molecule has 0 aliphatic rings. The predicted octanol–water partition coefficient (Wildman–Crippen LogP) is 0.126. The molecule has 64 valence electrons. The van der Waals surface area contributed by atoms with E-state index in [9.17, 15) is 4.79 Å². The van der Waals surface area contributed by atoms with E-state index in [4.69, 9.17) is 4.74 Å². The minimum absolute atomic E-state index is 0.264. The van der Waals surface area contributed by atoms with E-state index in [1.165, 1.54) is 0 Å². The van der Waals surface area contributed by atoms with Gasteiger partial charge in [0, 0.05) is 13.3 Å². The van der Waals surface area contributed by atoms with Crippen molar-refractivity contribution in [2.24, 2.45) is 0 Å². The highest BCUT2D eigenvalue weighted by Gasteiger charge is 2.32. The molecular weight excluding hydrogens is 142 g/mol. The van der Waals surface area contributed by atoms with Crippen LogP contribution in [0.4, 0.5) is 0 Å². The normalized spacial score (nSPS) is 15.2. The molecule has 1 atom stereocenters. The van der Waals surface area contributed by atoms with Gasteiger partial charge in [-0.1, -0.05) is 6.08 Å². The van der Waals surface area contributed by atoms with Gasteiger partial charge in [0.2, 0.25) is 0 Å². The van der Waals surface area contributed by atoms with Crippen LogP contribution in [0.2, 0.25) is 0 Å². The van der Waals surface area contributed by atoms with E-state index in [0.717, 1.165) is 0 Å². The average molecular weight is 158 g/mol. The van der Waals surface area contributed by atoms with Crippen molar-refractivity contribution in [2.45, 2.75) is 25.8 Å². The van der Waals surface area contributed by atoms with Gasteiger partial charge in [-0.2, -0.15) is 0 Å². The Hall–Kier alpha value is -0.830. The van der Waals surface area contributed by atoms with Gasteiger partial charge in [-0.25, -0.2) is 4.79 Å². The Morgan fingerprint density at radius 1 is 1.82 bits per heavy atom. The van der Waals surface area contributed by atoms with Crippen molar-refractivity contribution in [1.82, 2.24) is 0 Å².